The Morgan fingerprint density at radius 1 is 0.533 bits per heavy atom. The number of rotatable bonds is 5. The fourth-order valence-electron chi connectivity index (χ4n) is 4.24. The Bertz CT molecular complexity index is 1170. The molecule has 0 aliphatic rings. The highest BCUT2D eigenvalue weighted by molar-refractivity contribution is 6.01. The van der Waals surface area contributed by atoms with Gasteiger partial charge in [0.15, 0.2) is 0 Å². The highest BCUT2D eigenvalue weighted by Gasteiger charge is 2.20. The van der Waals surface area contributed by atoms with E-state index in [9.17, 15) is 0 Å². The lowest BCUT2D eigenvalue weighted by Crippen LogP contribution is -2.00. The highest BCUT2D eigenvalue weighted by Crippen LogP contribution is 2.45. The maximum Gasteiger partial charge on any atom is 0.0400 e. The van der Waals surface area contributed by atoms with Gasteiger partial charge in [-0.25, -0.2) is 0 Å². The number of hydrogen-bond donors (Lipinski definition) is 2. The third-order valence-corrected chi connectivity index (χ3v) is 5.79. The van der Waals surface area contributed by atoms with E-state index in [0.29, 0.717) is 0 Å². The van der Waals surface area contributed by atoms with E-state index in [0.717, 1.165) is 35.3 Å². The van der Waals surface area contributed by atoms with Crippen LogP contribution in [0.2, 0.25) is 0 Å². The molecule has 30 heavy (non-hydrogen) atoms. The molecule has 4 rings (SSSR count). The first kappa shape index (κ1) is 19.8. The van der Waals surface area contributed by atoms with Crippen molar-refractivity contribution in [1.29, 1.82) is 0 Å². The molecule has 150 valence electrons. The normalized spacial score (nSPS) is 10.9. The van der Waals surface area contributed by atoms with Gasteiger partial charge in [0.2, 0.25) is 0 Å². The average molecular weight is 393 g/mol. The van der Waals surface area contributed by atoms with Gasteiger partial charge in [0.05, 0.1) is 0 Å². The molecule has 2 heteroatoms. The maximum absolute atomic E-state index is 6.66. The molecule has 0 spiro atoms. The van der Waals surface area contributed by atoms with Crippen LogP contribution in [0.1, 0.15) is 25.0 Å². The maximum atomic E-state index is 6.66. The molecule has 0 heterocycles. The van der Waals surface area contributed by atoms with E-state index in [-0.39, 0.29) is 0 Å². The lowest BCUT2D eigenvalue weighted by atomic mass is 9.83. The first-order valence-electron chi connectivity index (χ1n) is 10.6. The number of anilines is 2. The number of hydrogen-bond acceptors (Lipinski definition) is 2. The summed E-state index contributed by atoms with van der Waals surface area (Å²) >= 11 is 0. The molecule has 0 saturated carbocycles. The van der Waals surface area contributed by atoms with Gasteiger partial charge in [-0.05, 0) is 70.0 Å². The molecule has 4 aromatic rings. The second-order valence-corrected chi connectivity index (χ2v) is 7.60. The van der Waals surface area contributed by atoms with Crippen LogP contribution in [-0.4, -0.2) is 0 Å². The van der Waals surface area contributed by atoms with Crippen molar-refractivity contribution in [3.63, 3.8) is 0 Å². The Kier molecular flexibility index (Phi) is 5.58. The molecule has 2 nitrogen and oxygen atoms in total. The molecule has 0 amide bonds. The number of nitrogen functional groups attached to an aromatic ring is 2. The van der Waals surface area contributed by atoms with E-state index in [1.54, 1.807) is 0 Å². The van der Waals surface area contributed by atoms with Gasteiger partial charge in [0, 0.05) is 16.9 Å². The van der Waals surface area contributed by atoms with Crippen LogP contribution in [0.3, 0.4) is 0 Å². The third kappa shape index (κ3) is 3.57. The fourth-order valence-corrected chi connectivity index (χ4v) is 4.24. The van der Waals surface area contributed by atoms with Crippen molar-refractivity contribution >= 4 is 11.4 Å². The number of benzene rings is 4. The van der Waals surface area contributed by atoms with Crippen LogP contribution in [0, 0.1) is 0 Å². The fraction of sp³-hybridized carbons (Fsp3) is 0.143. The van der Waals surface area contributed by atoms with Crippen LogP contribution in [0.15, 0.2) is 84.9 Å². The Hall–Kier alpha value is -3.52. The van der Waals surface area contributed by atoms with Gasteiger partial charge in [0.1, 0.15) is 0 Å². The standard InChI is InChI=1S/C28H28N2/c1-3-19-9-5-7-11-23(19)27-25(21-13-15-22(29)16-14-21)17-18-26(30)28(27)24-12-8-6-10-20(24)4-2/h5-18H,3-4,29-30H2,1-2H3. The predicted octanol–water partition coefficient (Wildman–Crippen LogP) is 6.98. The molecule has 0 bridgehead atoms. The number of nitrogens with two attached hydrogens (primary N) is 2. The van der Waals surface area contributed by atoms with Gasteiger partial charge in [0.25, 0.3) is 0 Å². The Morgan fingerprint density at radius 3 is 1.63 bits per heavy atom. The lowest BCUT2D eigenvalue weighted by Gasteiger charge is -2.22. The summed E-state index contributed by atoms with van der Waals surface area (Å²) < 4.78 is 0. The summed E-state index contributed by atoms with van der Waals surface area (Å²) in [5.41, 5.74) is 23.9. The molecular weight excluding hydrogens is 364 g/mol. The zero-order chi connectivity index (χ0) is 21.1. The Morgan fingerprint density at radius 2 is 1.07 bits per heavy atom. The number of aryl methyl sites for hydroxylation is 2. The molecule has 0 fully saturated rings. The van der Waals surface area contributed by atoms with E-state index in [1.165, 1.54) is 33.4 Å². The zero-order valence-electron chi connectivity index (χ0n) is 17.7. The summed E-state index contributed by atoms with van der Waals surface area (Å²) in [5.74, 6) is 0. The quantitative estimate of drug-likeness (QED) is 0.360. The van der Waals surface area contributed by atoms with Crippen LogP contribution in [0.4, 0.5) is 11.4 Å². The van der Waals surface area contributed by atoms with E-state index >= 15 is 0 Å². The summed E-state index contributed by atoms with van der Waals surface area (Å²) in [6, 6.07) is 29.5. The average Bonchev–Trinajstić information content (AvgIpc) is 2.79. The summed E-state index contributed by atoms with van der Waals surface area (Å²) in [7, 11) is 0. The lowest BCUT2D eigenvalue weighted by molar-refractivity contribution is 1.14. The van der Waals surface area contributed by atoms with E-state index in [2.05, 4.69) is 80.6 Å². The molecule has 0 unspecified atom stereocenters. The third-order valence-electron chi connectivity index (χ3n) is 5.79. The topological polar surface area (TPSA) is 52.0 Å². The molecule has 0 atom stereocenters. The van der Waals surface area contributed by atoms with Crippen molar-refractivity contribution in [3.05, 3.63) is 96.1 Å². The first-order chi connectivity index (χ1) is 14.6. The predicted molar refractivity (Wildman–Crippen MR) is 130 cm³/mol. The highest BCUT2D eigenvalue weighted by atomic mass is 14.6. The minimum absolute atomic E-state index is 0.765. The van der Waals surface area contributed by atoms with Gasteiger partial charge in [-0.15, -0.1) is 0 Å². The Balaban J connectivity index is 2.12. The molecule has 4 N–H and O–H groups in total. The second-order valence-electron chi connectivity index (χ2n) is 7.60. The minimum atomic E-state index is 0.765. The molecule has 0 aliphatic heterocycles. The molecule has 0 aliphatic carbocycles. The summed E-state index contributed by atoms with van der Waals surface area (Å²) in [4.78, 5) is 0. The second kappa shape index (κ2) is 8.46. The smallest absolute Gasteiger partial charge is 0.0400 e. The minimum Gasteiger partial charge on any atom is -0.399 e. The largest absolute Gasteiger partial charge is 0.399 e. The van der Waals surface area contributed by atoms with E-state index in [4.69, 9.17) is 11.5 Å². The van der Waals surface area contributed by atoms with Crippen molar-refractivity contribution < 1.29 is 0 Å². The van der Waals surface area contributed by atoms with Crippen LogP contribution in [0.5, 0.6) is 0 Å². The van der Waals surface area contributed by atoms with Gasteiger partial charge >= 0.3 is 0 Å². The Labute approximate surface area is 179 Å². The zero-order valence-corrected chi connectivity index (χ0v) is 17.7. The van der Waals surface area contributed by atoms with Gasteiger partial charge in [-0.1, -0.05) is 80.6 Å². The molecule has 0 aromatic heterocycles. The van der Waals surface area contributed by atoms with Gasteiger partial charge in [-0.2, -0.15) is 0 Å². The molecule has 0 saturated heterocycles. The summed E-state index contributed by atoms with van der Waals surface area (Å²) in [6.45, 7) is 4.40. The SMILES string of the molecule is CCc1ccccc1-c1c(N)ccc(-c2ccc(N)cc2)c1-c1ccccc1CC. The van der Waals surface area contributed by atoms with Crippen LogP contribution >= 0.6 is 0 Å². The van der Waals surface area contributed by atoms with Crippen molar-refractivity contribution in [2.24, 2.45) is 0 Å². The summed E-state index contributed by atoms with van der Waals surface area (Å²) in [5, 5.41) is 0. The monoisotopic (exact) mass is 392 g/mol. The van der Waals surface area contributed by atoms with E-state index < -0.39 is 0 Å². The van der Waals surface area contributed by atoms with Crippen molar-refractivity contribution in [2.75, 3.05) is 11.5 Å². The van der Waals surface area contributed by atoms with Gasteiger partial charge in [-0.3, -0.25) is 0 Å². The van der Waals surface area contributed by atoms with Crippen LogP contribution in [-0.2, 0) is 12.8 Å². The van der Waals surface area contributed by atoms with Crippen molar-refractivity contribution in [3.8, 4) is 33.4 Å². The van der Waals surface area contributed by atoms with E-state index in [1.807, 2.05) is 18.2 Å². The van der Waals surface area contributed by atoms with Crippen LogP contribution in [0.25, 0.3) is 33.4 Å². The molecular formula is C28H28N2. The van der Waals surface area contributed by atoms with Crippen molar-refractivity contribution in [1.82, 2.24) is 0 Å². The van der Waals surface area contributed by atoms with Crippen molar-refractivity contribution in [2.45, 2.75) is 26.7 Å². The first-order valence-corrected chi connectivity index (χ1v) is 10.6. The van der Waals surface area contributed by atoms with Crippen LogP contribution < -0.4 is 11.5 Å². The molecule has 0 radical (unpaired) electrons. The molecule has 4 aromatic carbocycles. The summed E-state index contributed by atoms with van der Waals surface area (Å²) in [6.07, 6.45) is 1.91. The van der Waals surface area contributed by atoms with Gasteiger partial charge < -0.3 is 11.5 Å².